The Bertz CT molecular complexity index is 520. The number of nitrogens with two attached hydrogens (primary N) is 1. The van der Waals surface area contributed by atoms with Gasteiger partial charge in [-0.2, -0.15) is 0 Å². The van der Waals surface area contributed by atoms with E-state index in [0.29, 0.717) is 21.3 Å². The molecule has 2 rings (SSSR count). The Kier molecular flexibility index (Phi) is 3.03. The molecule has 0 saturated heterocycles. The summed E-state index contributed by atoms with van der Waals surface area (Å²) < 4.78 is 13.2. The third-order valence-electron chi connectivity index (χ3n) is 2.20. The molecule has 16 heavy (non-hydrogen) atoms. The van der Waals surface area contributed by atoms with E-state index in [1.165, 1.54) is 12.1 Å². The molecule has 0 heterocycles. The van der Waals surface area contributed by atoms with E-state index in [1.807, 2.05) is 0 Å². The van der Waals surface area contributed by atoms with Gasteiger partial charge in [-0.15, -0.1) is 0 Å². The Morgan fingerprint density at radius 3 is 2.31 bits per heavy atom. The number of hydrogen-bond donors (Lipinski definition) is 1. The first-order valence-electron chi connectivity index (χ1n) is 4.58. The lowest BCUT2D eigenvalue weighted by atomic mass is 10.1. The van der Waals surface area contributed by atoms with Gasteiger partial charge in [0.05, 0.1) is 10.7 Å². The highest BCUT2D eigenvalue weighted by molar-refractivity contribution is 6.33. The summed E-state index contributed by atoms with van der Waals surface area (Å²) in [5.74, 6) is -0.379. The quantitative estimate of drug-likeness (QED) is 0.752. The van der Waals surface area contributed by atoms with Crippen LogP contribution in [-0.4, -0.2) is 0 Å². The zero-order chi connectivity index (χ0) is 11.7. The van der Waals surface area contributed by atoms with Crippen molar-refractivity contribution in [1.82, 2.24) is 0 Å². The Balaban J connectivity index is 2.54. The van der Waals surface area contributed by atoms with Crippen LogP contribution in [0, 0.1) is 5.82 Å². The summed E-state index contributed by atoms with van der Waals surface area (Å²) in [5, 5.41) is 0.792. The third kappa shape index (κ3) is 2.29. The molecule has 2 N–H and O–H groups in total. The van der Waals surface area contributed by atoms with Gasteiger partial charge in [-0.05, 0) is 41.5 Å². The van der Waals surface area contributed by atoms with Crippen molar-refractivity contribution in [3.8, 4) is 11.1 Å². The van der Waals surface area contributed by atoms with E-state index in [9.17, 15) is 4.39 Å². The molecule has 0 aliphatic rings. The standard InChI is InChI=1S/C12H8Cl2FN/c13-9-3-8(4-10(15)6-9)7-1-2-12(16)11(14)5-7/h1-6H,16H2. The second-order valence-corrected chi connectivity index (χ2v) is 4.24. The predicted octanol–water partition coefficient (Wildman–Crippen LogP) is 4.38. The Morgan fingerprint density at radius 1 is 0.938 bits per heavy atom. The lowest BCUT2D eigenvalue weighted by molar-refractivity contribution is 0.628. The van der Waals surface area contributed by atoms with E-state index in [4.69, 9.17) is 28.9 Å². The molecule has 0 saturated carbocycles. The van der Waals surface area contributed by atoms with Gasteiger partial charge in [-0.1, -0.05) is 29.3 Å². The number of rotatable bonds is 1. The zero-order valence-corrected chi connectivity index (χ0v) is 9.69. The van der Waals surface area contributed by atoms with Crippen LogP contribution in [-0.2, 0) is 0 Å². The van der Waals surface area contributed by atoms with Gasteiger partial charge in [0.25, 0.3) is 0 Å². The fraction of sp³-hybridized carbons (Fsp3) is 0. The second-order valence-electron chi connectivity index (χ2n) is 3.39. The molecule has 0 spiro atoms. The molecule has 0 aliphatic carbocycles. The van der Waals surface area contributed by atoms with E-state index in [-0.39, 0.29) is 5.82 Å². The van der Waals surface area contributed by atoms with Gasteiger partial charge in [-0.25, -0.2) is 4.39 Å². The summed E-state index contributed by atoms with van der Waals surface area (Å²) in [5.41, 5.74) is 7.54. The monoisotopic (exact) mass is 255 g/mol. The maximum absolute atomic E-state index is 13.2. The Hall–Kier alpha value is -1.25. The van der Waals surface area contributed by atoms with Gasteiger partial charge in [0.15, 0.2) is 0 Å². The van der Waals surface area contributed by atoms with Crippen LogP contribution >= 0.6 is 23.2 Å². The topological polar surface area (TPSA) is 26.0 Å². The number of hydrogen-bond acceptors (Lipinski definition) is 1. The van der Waals surface area contributed by atoms with E-state index >= 15 is 0 Å². The molecular weight excluding hydrogens is 248 g/mol. The lowest BCUT2D eigenvalue weighted by Crippen LogP contribution is -1.87. The van der Waals surface area contributed by atoms with Crippen LogP contribution in [0.4, 0.5) is 10.1 Å². The van der Waals surface area contributed by atoms with Crippen molar-refractivity contribution in [3.05, 3.63) is 52.3 Å². The van der Waals surface area contributed by atoms with Crippen molar-refractivity contribution in [2.45, 2.75) is 0 Å². The Morgan fingerprint density at radius 2 is 1.69 bits per heavy atom. The highest BCUT2D eigenvalue weighted by Gasteiger charge is 2.04. The average molecular weight is 256 g/mol. The SMILES string of the molecule is Nc1ccc(-c2cc(F)cc(Cl)c2)cc1Cl. The number of nitrogen functional groups attached to an aromatic ring is 1. The maximum atomic E-state index is 13.2. The molecule has 2 aromatic carbocycles. The van der Waals surface area contributed by atoms with Gasteiger partial charge in [-0.3, -0.25) is 0 Å². The molecule has 0 aliphatic heterocycles. The van der Waals surface area contributed by atoms with E-state index < -0.39 is 0 Å². The molecule has 2 aromatic rings. The second kappa shape index (κ2) is 4.32. The predicted molar refractivity (Wildman–Crippen MR) is 66.3 cm³/mol. The summed E-state index contributed by atoms with van der Waals surface area (Å²) in [7, 11) is 0. The average Bonchev–Trinajstić information content (AvgIpc) is 2.20. The normalized spacial score (nSPS) is 10.4. The first-order chi connectivity index (χ1) is 7.56. The van der Waals surface area contributed by atoms with E-state index in [2.05, 4.69) is 0 Å². The number of halogens is 3. The summed E-state index contributed by atoms with van der Waals surface area (Å²) in [6, 6.07) is 9.45. The van der Waals surface area contributed by atoms with Crippen LogP contribution in [0.2, 0.25) is 10.0 Å². The van der Waals surface area contributed by atoms with Crippen LogP contribution < -0.4 is 5.73 Å². The summed E-state index contributed by atoms with van der Waals surface area (Å²) in [4.78, 5) is 0. The number of anilines is 1. The molecule has 0 unspecified atom stereocenters. The smallest absolute Gasteiger partial charge is 0.125 e. The molecule has 0 aromatic heterocycles. The van der Waals surface area contributed by atoms with Gasteiger partial charge >= 0.3 is 0 Å². The van der Waals surface area contributed by atoms with Crippen LogP contribution in [0.3, 0.4) is 0 Å². The fourth-order valence-electron chi connectivity index (χ4n) is 1.43. The molecule has 82 valence electrons. The van der Waals surface area contributed by atoms with Crippen molar-refractivity contribution >= 4 is 28.9 Å². The van der Waals surface area contributed by atoms with Crippen LogP contribution in [0.5, 0.6) is 0 Å². The third-order valence-corrected chi connectivity index (χ3v) is 2.74. The minimum atomic E-state index is -0.379. The number of benzene rings is 2. The van der Waals surface area contributed by atoms with Crippen LogP contribution in [0.15, 0.2) is 36.4 Å². The summed E-state index contributed by atoms with van der Waals surface area (Å²) in [6.07, 6.45) is 0. The summed E-state index contributed by atoms with van der Waals surface area (Å²) >= 11 is 11.7. The van der Waals surface area contributed by atoms with Crippen molar-refractivity contribution in [3.63, 3.8) is 0 Å². The molecule has 0 amide bonds. The minimum Gasteiger partial charge on any atom is -0.398 e. The lowest BCUT2D eigenvalue weighted by Gasteiger charge is -2.05. The van der Waals surface area contributed by atoms with Gasteiger partial charge in [0.2, 0.25) is 0 Å². The van der Waals surface area contributed by atoms with Crippen molar-refractivity contribution in [1.29, 1.82) is 0 Å². The molecule has 4 heteroatoms. The van der Waals surface area contributed by atoms with Crippen molar-refractivity contribution in [2.24, 2.45) is 0 Å². The minimum absolute atomic E-state index is 0.350. The Labute approximate surface area is 103 Å². The van der Waals surface area contributed by atoms with Crippen LogP contribution in [0.25, 0.3) is 11.1 Å². The molecule has 0 fully saturated rings. The molecule has 0 radical (unpaired) electrons. The molecule has 0 atom stereocenters. The molecule has 0 bridgehead atoms. The zero-order valence-electron chi connectivity index (χ0n) is 8.18. The molecular formula is C12H8Cl2FN. The van der Waals surface area contributed by atoms with E-state index in [0.717, 1.165) is 5.56 Å². The van der Waals surface area contributed by atoms with Crippen LogP contribution in [0.1, 0.15) is 0 Å². The van der Waals surface area contributed by atoms with Gasteiger partial charge < -0.3 is 5.73 Å². The van der Waals surface area contributed by atoms with Crippen molar-refractivity contribution < 1.29 is 4.39 Å². The first-order valence-corrected chi connectivity index (χ1v) is 5.33. The maximum Gasteiger partial charge on any atom is 0.125 e. The van der Waals surface area contributed by atoms with Gasteiger partial charge in [0.1, 0.15) is 5.82 Å². The highest BCUT2D eigenvalue weighted by Crippen LogP contribution is 2.29. The highest BCUT2D eigenvalue weighted by atomic mass is 35.5. The van der Waals surface area contributed by atoms with Gasteiger partial charge in [0, 0.05) is 5.02 Å². The summed E-state index contributed by atoms with van der Waals surface area (Å²) in [6.45, 7) is 0. The van der Waals surface area contributed by atoms with E-state index in [1.54, 1.807) is 24.3 Å². The first kappa shape index (κ1) is 11.2. The largest absolute Gasteiger partial charge is 0.398 e. The molecule has 1 nitrogen and oxygen atoms in total. The fourth-order valence-corrected chi connectivity index (χ4v) is 1.83. The van der Waals surface area contributed by atoms with Crippen molar-refractivity contribution in [2.75, 3.05) is 5.73 Å².